The van der Waals surface area contributed by atoms with Gasteiger partial charge in [-0.25, -0.2) is 0 Å². The first-order chi connectivity index (χ1) is 6.70. The Balaban J connectivity index is 2.35. The molecule has 0 saturated carbocycles. The quantitative estimate of drug-likeness (QED) is 0.700. The Morgan fingerprint density at radius 3 is 3.14 bits per heavy atom. The van der Waals surface area contributed by atoms with Gasteiger partial charge in [-0.2, -0.15) is 16.9 Å². The Hall–Kier alpha value is -0.770. The van der Waals surface area contributed by atoms with Crippen LogP contribution in [0.4, 0.5) is 0 Å². The summed E-state index contributed by atoms with van der Waals surface area (Å²) in [5.74, 6) is 2.31. The number of Topliss-reactive ketones (excluding diaryl/α,β-unsaturated/α-hetero) is 1. The lowest BCUT2D eigenvalue weighted by atomic mass is 10.0. The van der Waals surface area contributed by atoms with Crippen LogP contribution in [0, 0.1) is 5.92 Å². The SMILES string of the molecule is CC(C)C(=O)c1cnn2c1CSCC2. The van der Waals surface area contributed by atoms with Gasteiger partial charge in [0.25, 0.3) is 0 Å². The molecule has 1 aromatic heterocycles. The molecule has 0 bridgehead atoms. The predicted octanol–water partition coefficient (Wildman–Crippen LogP) is 1.97. The molecule has 3 nitrogen and oxygen atoms in total. The summed E-state index contributed by atoms with van der Waals surface area (Å²) in [7, 11) is 0. The van der Waals surface area contributed by atoms with E-state index in [1.54, 1.807) is 6.20 Å². The van der Waals surface area contributed by atoms with Crippen LogP contribution in [0.5, 0.6) is 0 Å². The first kappa shape index (κ1) is 9.77. The van der Waals surface area contributed by atoms with Gasteiger partial charge in [-0.3, -0.25) is 9.48 Å². The van der Waals surface area contributed by atoms with Crippen molar-refractivity contribution in [2.45, 2.75) is 26.1 Å². The van der Waals surface area contributed by atoms with Crippen LogP contribution in [-0.4, -0.2) is 21.3 Å². The van der Waals surface area contributed by atoms with Gasteiger partial charge < -0.3 is 0 Å². The van der Waals surface area contributed by atoms with Crippen molar-refractivity contribution < 1.29 is 4.79 Å². The zero-order valence-corrected chi connectivity index (χ0v) is 9.30. The number of rotatable bonds is 2. The number of fused-ring (bicyclic) bond motifs is 1. The van der Waals surface area contributed by atoms with Crippen molar-refractivity contribution >= 4 is 17.5 Å². The van der Waals surface area contributed by atoms with Crippen molar-refractivity contribution in [3.63, 3.8) is 0 Å². The molecule has 1 aliphatic heterocycles. The molecule has 2 rings (SSSR count). The van der Waals surface area contributed by atoms with Crippen LogP contribution < -0.4 is 0 Å². The van der Waals surface area contributed by atoms with Crippen LogP contribution in [0.15, 0.2) is 6.20 Å². The van der Waals surface area contributed by atoms with E-state index >= 15 is 0 Å². The highest BCUT2D eigenvalue weighted by molar-refractivity contribution is 7.98. The fourth-order valence-corrected chi connectivity index (χ4v) is 2.54. The number of hydrogen-bond donors (Lipinski definition) is 0. The van der Waals surface area contributed by atoms with Gasteiger partial charge in [-0.15, -0.1) is 0 Å². The summed E-state index contributed by atoms with van der Waals surface area (Å²) < 4.78 is 1.96. The normalized spacial score (nSPS) is 15.6. The number of aryl methyl sites for hydroxylation is 1. The molecule has 76 valence electrons. The van der Waals surface area contributed by atoms with Crippen LogP contribution in [0.3, 0.4) is 0 Å². The van der Waals surface area contributed by atoms with Gasteiger partial charge in [-0.05, 0) is 0 Å². The van der Waals surface area contributed by atoms with Crippen LogP contribution in [0.25, 0.3) is 0 Å². The molecule has 0 atom stereocenters. The molecule has 1 aromatic rings. The molecule has 0 amide bonds. The molecule has 0 aliphatic carbocycles. The Labute approximate surface area is 87.9 Å². The van der Waals surface area contributed by atoms with Gasteiger partial charge in [0.05, 0.1) is 24.0 Å². The molecule has 0 spiro atoms. The van der Waals surface area contributed by atoms with Gasteiger partial charge in [-0.1, -0.05) is 13.8 Å². The van der Waals surface area contributed by atoms with E-state index in [-0.39, 0.29) is 11.7 Å². The summed E-state index contributed by atoms with van der Waals surface area (Å²) in [6.45, 7) is 4.80. The highest BCUT2D eigenvalue weighted by atomic mass is 32.2. The Morgan fingerprint density at radius 1 is 1.64 bits per heavy atom. The number of thioether (sulfide) groups is 1. The van der Waals surface area contributed by atoms with Crippen molar-refractivity contribution in [2.75, 3.05) is 5.75 Å². The molecule has 1 aliphatic rings. The monoisotopic (exact) mass is 210 g/mol. The second-order valence-electron chi connectivity index (χ2n) is 3.80. The number of aromatic nitrogens is 2. The summed E-state index contributed by atoms with van der Waals surface area (Å²) in [5.41, 5.74) is 1.94. The average molecular weight is 210 g/mol. The highest BCUT2D eigenvalue weighted by Gasteiger charge is 2.21. The summed E-state index contributed by atoms with van der Waals surface area (Å²) in [5, 5.41) is 4.24. The van der Waals surface area contributed by atoms with Gasteiger partial charge in [0.1, 0.15) is 0 Å². The minimum Gasteiger partial charge on any atom is -0.294 e. The molecular weight excluding hydrogens is 196 g/mol. The second kappa shape index (κ2) is 3.77. The third-order valence-corrected chi connectivity index (χ3v) is 3.37. The Bertz CT molecular complexity index is 357. The molecule has 14 heavy (non-hydrogen) atoms. The van der Waals surface area contributed by atoms with Crippen LogP contribution in [-0.2, 0) is 12.3 Å². The fourth-order valence-electron chi connectivity index (χ4n) is 1.59. The van der Waals surface area contributed by atoms with E-state index in [0.717, 1.165) is 29.3 Å². The molecule has 0 unspecified atom stereocenters. The van der Waals surface area contributed by atoms with Crippen LogP contribution in [0.2, 0.25) is 0 Å². The maximum atomic E-state index is 11.8. The van der Waals surface area contributed by atoms with E-state index in [0.29, 0.717) is 0 Å². The Kier molecular flexibility index (Phi) is 2.63. The van der Waals surface area contributed by atoms with Gasteiger partial charge in [0.2, 0.25) is 0 Å². The molecule has 0 fully saturated rings. The maximum absolute atomic E-state index is 11.8. The third kappa shape index (κ3) is 1.59. The summed E-state index contributed by atoms with van der Waals surface area (Å²) in [4.78, 5) is 11.8. The van der Waals surface area contributed by atoms with Crippen molar-refractivity contribution in [3.05, 3.63) is 17.5 Å². The van der Waals surface area contributed by atoms with Crippen molar-refractivity contribution in [3.8, 4) is 0 Å². The molecule has 0 aromatic carbocycles. The molecule has 0 saturated heterocycles. The zero-order valence-electron chi connectivity index (χ0n) is 8.49. The van der Waals surface area contributed by atoms with E-state index in [4.69, 9.17) is 0 Å². The van der Waals surface area contributed by atoms with Crippen molar-refractivity contribution in [1.82, 2.24) is 9.78 Å². The van der Waals surface area contributed by atoms with Crippen molar-refractivity contribution in [2.24, 2.45) is 5.92 Å². The topological polar surface area (TPSA) is 34.9 Å². The van der Waals surface area contributed by atoms with Gasteiger partial charge >= 0.3 is 0 Å². The molecule has 0 N–H and O–H groups in total. The number of nitrogens with zero attached hydrogens (tertiary/aromatic N) is 2. The van der Waals surface area contributed by atoms with E-state index in [1.807, 2.05) is 30.3 Å². The van der Waals surface area contributed by atoms with Crippen LogP contribution in [0.1, 0.15) is 29.9 Å². The first-order valence-corrected chi connectivity index (χ1v) is 6.02. The molecule has 4 heteroatoms. The van der Waals surface area contributed by atoms with Crippen molar-refractivity contribution in [1.29, 1.82) is 0 Å². The maximum Gasteiger partial charge on any atom is 0.168 e. The smallest absolute Gasteiger partial charge is 0.168 e. The first-order valence-electron chi connectivity index (χ1n) is 4.87. The minimum absolute atomic E-state index is 0.0656. The number of ketones is 1. The highest BCUT2D eigenvalue weighted by Crippen LogP contribution is 2.23. The standard InChI is InChI=1S/C10H14N2OS/c1-7(2)10(13)8-5-11-12-3-4-14-6-9(8)12/h5,7H,3-4,6H2,1-2H3. The fraction of sp³-hybridized carbons (Fsp3) is 0.600. The predicted molar refractivity (Wildman–Crippen MR) is 57.6 cm³/mol. The summed E-state index contributed by atoms with van der Waals surface area (Å²) in [6.07, 6.45) is 1.73. The lowest BCUT2D eigenvalue weighted by Gasteiger charge is -2.14. The second-order valence-corrected chi connectivity index (χ2v) is 4.90. The number of carbonyl (C=O) groups excluding carboxylic acids is 1. The van der Waals surface area contributed by atoms with E-state index < -0.39 is 0 Å². The number of hydrogen-bond acceptors (Lipinski definition) is 3. The average Bonchev–Trinajstić information content (AvgIpc) is 2.60. The minimum atomic E-state index is 0.0656. The molecular formula is C10H14N2OS. The molecule has 2 heterocycles. The molecule has 0 radical (unpaired) electrons. The van der Waals surface area contributed by atoms with Crippen LogP contribution >= 0.6 is 11.8 Å². The lowest BCUT2D eigenvalue weighted by molar-refractivity contribution is 0.0938. The third-order valence-electron chi connectivity index (χ3n) is 2.42. The van der Waals surface area contributed by atoms with Gasteiger partial charge in [0.15, 0.2) is 5.78 Å². The van der Waals surface area contributed by atoms with E-state index in [9.17, 15) is 4.79 Å². The summed E-state index contributed by atoms with van der Waals surface area (Å²) in [6, 6.07) is 0. The zero-order chi connectivity index (χ0) is 10.1. The van der Waals surface area contributed by atoms with E-state index in [2.05, 4.69) is 5.10 Å². The largest absolute Gasteiger partial charge is 0.294 e. The lowest BCUT2D eigenvalue weighted by Crippen LogP contribution is -2.15. The Morgan fingerprint density at radius 2 is 2.43 bits per heavy atom. The van der Waals surface area contributed by atoms with E-state index in [1.165, 1.54) is 0 Å². The van der Waals surface area contributed by atoms with Gasteiger partial charge in [0, 0.05) is 17.4 Å². The number of carbonyl (C=O) groups is 1. The summed E-state index contributed by atoms with van der Waals surface area (Å²) >= 11 is 1.87.